The Labute approximate surface area is 204 Å². The summed E-state index contributed by atoms with van der Waals surface area (Å²) in [5, 5.41) is 11.6. The molecule has 6 nitrogen and oxygen atoms in total. The van der Waals surface area contributed by atoms with Gasteiger partial charge >= 0.3 is 0 Å². The molecule has 0 unspecified atom stereocenters. The number of benzene rings is 3. The molecule has 0 aromatic heterocycles. The van der Waals surface area contributed by atoms with Crippen molar-refractivity contribution in [2.24, 2.45) is 0 Å². The molecule has 3 N–H and O–H groups in total. The number of rotatable bonds is 8. The molecule has 178 valence electrons. The van der Waals surface area contributed by atoms with E-state index in [0.717, 1.165) is 35.3 Å². The van der Waals surface area contributed by atoms with Gasteiger partial charge in [-0.2, -0.15) is 0 Å². The number of hydrogen-bond donors (Lipinski definition) is 3. The lowest BCUT2D eigenvalue weighted by molar-refractivity contribution is -0.124. The van der Waals surface area contributed by atoms with Crippen LogP contribution in [-0.4, -0.2) is 23.1 Å². The SMILES string of the molecule is O=C(C=Cc1ccc(C=C(C(=O)Nc2ccccc2)c2cccc(OC3CCCC3)c2)cc1)NO. The molecule has 0 heterocycles. The van der Waals surface area contributed by atoms with Gasteiger partial charge in [-0.1, -0.05) is 54.6 Å². The summed E-state index contributed by atoms with van der Waals surface area (Å²) in [4.78, 5) is 24.6. The fourth-order valence-electron chi connectivity index (χ4n) is 4.01. The summed E-state index contributed by atoms with van der Waals surface area (Å²) in [7, 11) is 0. The highest BCUT2D eigenvalue weighted by molar-refractivity contribution is 6.29. The van der Waals surface area contributed by atoms with Crippen LogP contribution in [0.25, 0.3) is 17.7 Å². The molecule has 0 atom stereocenters. The van der Waals surface area contributed by atoms with Crippen molar-refractivity contribution in [1.82, 2.24) is 5.48 Å². The van der Waals surface area contributed by atoms with Gasteiger partial charge in [-0.25, -0.2) is 5.48 Å². The summed E-state index contributed by atoms with van der Waals surface area (Å²) >= 11 is 0. The molecule has 3 aromatic carbocycles. The number of hydroxylamine groups is 1. The highest BCUT2D eigenvalue weighted by atomic mass is 16.5. The second-order valence-corrected chi connectivity index (χ2v) is 8.41. The quantitative estimate of drug-likeness (QED) is 0.171. The first-order valence-electron chi connectivity index (χ1n) is 11.7. The fourth-order valence-corrected chi connectivity index (χ4v) is 4.01. The summed E-state index contributed by atoms with van der Waals surface area (Å²) in [6.45, 7) is 0. The third kappa shape index (κ3) is 6.91. The summed E-state index contributed by atoms with van der Waals surface area (Å²) < 4.78 is 6.17. The average Bonchev–Trinajstić information content (AvgIpc) is 3.40. The lowest BCUT2D eigenvalue weighted by Gasteiger charge is -2.15. The van der Waals surface area contributed by atoms with Crippen LogP contribution in [0.5, 0.6) is 5.75 Å². The van der Waals surface area contributed by atoms with Crippen LogP contribution in [0.4, 0.5) is 5.69 Å². The Morgan fingerprint density at radius 2 is 1.60 bits per heavy atom. The number of anilines is 1. The van der Waals surface area contributed by atoms with Crippen molar-refractivity contribution in [3.8, 4) is 5.75 Å². The van der Waals surface area contributed by atoms with E-state index in [1.54, 1.807) is 11.6 Å². The minimum Gasteiger partial charge on any atom is -0.490 e. The van der Waals surface area contributed by atoms with Crippen LogP contribution in [0, 0.1) is 0 Å². The number of carbonyl (C=O) groups excluding carboxylic acids is 2. The van der Waals surface area contributed by atoms with E-state index in [0.29, 0.717) is 11.3 Å². The van der Waals surface area contributed by atoms with Crippen LogP contribution in [0.1, 0.15) is 42.4 Å². The zero-order valence-corrected chi connectivity index (χ0v) is 19.3. The summed E-state index contributed by atoms with van der Waals surface area (Å²) in [6, 6.07) is 24.4. The first kappa shape index (κ1) is 24.0. The second-order valence-electron chi connectivity index (χ2n) is 8.41. The van der Waals surface area contributed by atoms with E-state index >= 15 is 0 Å². The monoisotopic (exact) mass is 468 g/mol. The molecule has 2 amide bonds. The first-order chi connectivity index (χ1) is 17.1. The van der Waals surface area contributed by atoms with Crippen molar-refractivity contribution in [3.63, 3.8) is 0 Å². The fraction of sp³-hybridized carbons (Fsp3) is 0.172. The topological polar surface area (TPSA) is 87.7 Å². The van der Waals surface area contributed by atoms with Crippen LogP contribution in [0.15, 0.2) is 84.9 Å². The van der Waals surface area contributed by atoms with Crippen molar-refractivity contribution in [1.29, 1.82) is 0 Å². The third-order valence-electron chi connectivity index (χ3n) is 5.81. The molecule has 0 aliphatic heterocycles. The van der Waals surface area contributed by atoms with E-state index in [1.165, 1.54) is 18.9 Å². The van der Waals surface area contributed by atoms with Crippen molar-refractivity contribution in [3.05, 3.63) is 102 Å². The molecule has 0 radical (unpaired) electrons. The molecule has 35 heavy (non-hydrogen) atoms. The largest absolute Gasteiger partial charge is 0.490 e. The van der Waals surface area contributed by atoms with E-state index in [1.807, 2.05) is 84.9 Å². The summed E-state index contributed by atoms with van der Waals surface area (Å²) in [5.41, 5.74) is 5.16. The maximum Gasteiger partial charge on any atom is 0.267 e. The minimum atomic E-state index is -0.603. The Balaban J connectivity index is 1.62. The minimum absolute atomic E-state index is 0.224. The van der Waals surface area contributed by atoms with Gasteiger partial charge in [-0.3, -0.25) is 14.8 Å². The molecule has 1 saturated carbocycles. The van der Waals surface area contributed by atoms with E-state index in [4.69, 9.17) is 9.94 Å². The molecule has 0 bridgehead atoms. The molecule has 6 heteroatoms. The molecular formula is C29H28N2O4. The van der Waals surface area contributed by atoms with Gasteiger partial charge in [0.05, 0.1) is 6.10 Å². The lowest BCUT2D eigenvalue weighted by atomic mass is 10.0. The van der Waals surface area contributed by atoms with Crippen LogP contribution in [-0.2, 0) is 9.59 Å². The first-order valence-corrected chi connectivity index (χ1v) is 11.7. The predicted molar refractivity (Wildman–Crippen MR) is 138 cm³/mol. The van der Waals surface area contributed by atoms with Crippen LogP contribution < -0.4 is 15.5 Å². The molecule has 1 fully saturated rings. The van der Waals surface area contributed by atoms with E-state index in [2.05, 4.69) is 5.32 Å². The number of hydrogen-bond acceptors (Lipinski definition) is 4. The van der Waals surface area contributed by atoms with E-state index < -0.39 is 5.91 Å². The van der Waals surface area contributed by atoms with Crippen LogP contribution >= 0.6 is 0 Å². The van der Waals surface area contributed by atoms with E-state index in [-0.39, 0.29) is 12.0 Å². The molecular weight excluding hydrogens is 440 g/mol. The van der Waals surface area contributed by atoms with Crippen molar-refractivity contribution < 1.29 is 19.5 Å². The zero-order chi connectivity index (χ0) is 24.5. The molecule has 1 aliphatic rings. The zero-order valence-electron chi connectivity index (χ0n) is 19.3. The summed E-state index contributed by atoms with van der Waals surface area (Å²) in [5.74, 6) is -0.0678. The average molecular weight is 469 g/mol. The van der Waals surface area contributed by atoms with Gasteiger partial charge in [0.15, 0.2) is 0 Å². The number of amides is 2. The number of nitrogens with one attached hydrogen (secondary N) is 2. The van der Waals surface area contributed by atoms with Gasteiger partial charge in [0.1, 0.15) is 5.75 Å². The molecule has 4 rings (SSSR count). The Hall–Kier alpha value is -4.16. The molecule has 1 aliphatic carbocycles. The Bertz CT molecular complexity index is 1210. The van der Waals surface area contributed by atoms with Gasteiger partial charge in [0, 0.05) is 17.3 Å². The van der Waals surface area contributed by atoms with Crippen molar-refractivity contribution in [2.75, 3.05) is 5.32 Å². The van der Waals surface area contributed by atoms with Crippen molar-refractivity contribution >= 4 is 35.2 Å². The highest BCUT2D eigenvalue weighted by Gasteiger charge is 2.18. The smallest absolute Gasteiger partial charge is 0.267 e. The van der Waals surface area contributed by atoms with Gasteiger partial charge in [0.25, 0.3) is 11.8 Å². The third-order valence-corrected chi connectivity index (χ3v) is 5.81. The molecule has 0 spiro atoms. The summed E-state index contributed by atoms with van der Waals surface area (Å²) in [6.07, 6.45) is 9.37. The van der Waals surface area contributed by atoms with Gasteiger partial charge in [0.2, 0.25) is 0 Å². The standard InChI is InChI=1S/C29H28N2O4/c32-28(31-34)18-17-21-13-15-22(16-14-21)19-27(29(33)30-24-8-2-1-3-9-24)23-7-6-12-26(20-23)35-25-10-4-5-11-25/h1-3,6-9,12-20,25,34H,4-5,10-11H2,(H,30,33)(H,31,32). The normalized spacial score (nSPS) is 14.1. The Kier molecular flexibility index (Phi) is 8.09. The maximum absolute atomic E-state index is 13.4. The van der Waals surface area contributed by atoms with E-state index in [9.17, 15) is 9.59 Å². The Morgan fingerprint density at radius 1 is 0.886 bits per heavy atom. The number of carbonyl (C=O) groups is 2. The molecule has 3 aromatic rings. The highest BCUT2D eigenvalue weighted by Crippen LogP contribution is 2.28. The van der Waals surface area contributed by atoms with Crippen molar-refractivity contribution in [2.45, 2.75) is 31.8 Å². The number of para-hydroxylation sites is 1. The Morgan fingerprint density at radius 3 is 2.31 bits per heavy atom. The van der Waals surface area contributed by atoms with Gasteiger partial charge < -0.3 is 10.1 Å². The van der Waals surface area contributed by atoms with Gasteiger partial charge in [-0.05, 0) is 78.8 Å². The number of ether oxygens (including phenoxy) is 1. The lowest BCUT2D eigenvalue weighted by Crippen LogP contribution is -2.14. The maximum atomic E-state index is 13.4. The van der Waals surface area contributed by atoms with Crippen LogP contribution in [0.2, 0.25) is 0 Å². The molecule has 0 saturated heterocycles. The van der Waals surface area contributed by atoms with Crippen LogP contribution in [0.3, 0.4) is 0 Å². The second kappa shape index (κ2) is 11.8. The van der Waals surface area contributed by atoms with Gasteiger partial charge in [-0.15, -0.1) is 0 Å². The predicted octanol–water partition coefficient (Wildman–Crippen LogP) is 5.71.